The highest BCUT2D eigenvalue weighted by Crippen LogP contribution is 2.31. The van der Waals surface area contributed by atoms with E-state index in [9.17, 15) is 17.6 Å². The van der Waals surface area contributed by atoms with Crippen LogP contribution >= 0.6 is 0 Å². The highest BCUT2D eigenvalue weighted by Gasteiger charge is 2.17. The van der Waals surface area contributed by atoms with E-state index in [1.807, 2.05) is 24.3 Å². The van der Waals surface area contributed by atoms with Crippen LogP contribution in [-0.2, 0) is 6.42 Å². The van der Waals surface area contributed by atoms with Gasteiger partial charge in [-0.2, -0.15) is 8.78 Å². The molecular formula is C21H18F4O. The Hall–Kier alpha value is -2.56. The summed E-state index contributed by atoms with van der Waals surface area (Å²) >= 11 is 0. The average Bonchev–Trinajstić information content (AvgIpc) is 2.62. The largest absolute Gasteiger partial charge is 0.429 e. The minimum atomic E-state index is -3.28. The van der Waals surface area contributed by atoms with E-state index in [1.165, 1.54) is 5.56 Å². The maximum atomic E-state index is 13.9. The van der Waals surface area contributed by atoms with Gasteiger partial charge in [0.2, 0.25) is 0 Å². The average molecular weight is 362 g/mol. The normalized spacial score (nSPS) is 11.3. The first kappa shape index (κ1) is 18.2. The number of hydrogen-bond donors (Lipinski definition) is 0. The third-order valence-corrected chi connectivity index (χ3v) is 4.26. The summed E-state index contributed by atoms with van der Waals surface area (Å²) in [6.07, 6.45) is 3.25. The van der Waals surface area contributed by atoms with Crippen LogP contribution in [0.25, 0.3) is 21.9 Å². The summed E-state index contributed by atoms with van der Waals surface area (Å²) in [6, 6.07) is 13.6. The van der Waals surface area contributed by atoms with Crippen LogP contribution in [0.1, 0.15) is 25.3 Å². The molecule has 3 aromatic carbocycles. The molecule has 26 heavy (non-hydrogen) atoms. The molecule has 0 unspecified atom stereocenters. The molecule has 5 heteroatoms. The van der Waals surface area contributed by atoms with Crippen molar-refractivity contribution >= 4 is 10.8 Å². The van der Waals surface area contributed by atoms with Crippen molar-refractivity contribution in [2.24, 2.45) is 0 Å². The Labute approximate surface area is 149 Å². The van der Waals surface area contributed by atoms with Crippen molar-refractivity contribution in [1.82, 2.24) is 0 Å². The molecule has 0 fully saturated rings. The smallest absolute Gasteiger partial charge is 0.387 e. The Kier molecular flexibility index (Phi) is 5.45. The van der Waals surface area contributed by atoms with Gasteiger partial charge in [-0.05, 0) is 58.5 Å². The van der Waals surface area contributed by atoms with Crippen LogP contribution in [0.5, 0.6) is 5.75 Å². The fraction of sp³-hybridized carbons (Fsp3) is 0.238. The summed E-state index contributed by atoms with van der Waals surface area (Å²) < 4.78 is 56.3. The molecule has 3 rings (SSSR count). The molecule has 0 atom stereocenters. The first-order valence-corrected chi connectivity index (χ1v) is 8.45. The van der Waals surface area contributed by atoms with Crippen LogP contribution in [0.3, 0.4) is 0 Å². The van der Waals surface area contributed by atoms with Gasteiger partial charge in [-0.25, -0.2) is 8.78 Å². The van der Waals surface area contributed by atoms with Crippen molar-refractivity contribution in [3.05, 3.63) is 65.7 Å². The van der Waals surface area contributed by atoms with E-state index >= 15 is 0 Å². The van der Waals surface area contributed by atoms with Gasteiger partial charge in [-0.3, -0.25) is 0 Å². The second-order valence-corrected chi connectivity index (χ2v) is 6.15. The van der Waals surface area contributed by atoms with Gasteiger partial charge < -0.3 is 4.74 Å². The number of aryl methyl sites for hydroxylation is 1. The third-order valence-electron chi connectivity index (χ3n) is 4.26. The van der Waals surface area contributed by atoms with Crippen LogP contribution in [0.4, 0.5) is 17.6 Å². The lowest BCUT2D eigenvalue weighted by molar-refractivity contribution is -0.0546. The number of hydrogen-bond acceptors (Lipinski definition) is 1. The van der Waals surface area contributed by atoms with Crippen LogP contribution in [0, 0.1) is 11.6 Å². The molecule has 0 bridgehead atoms. The lowest BCUT2D eigenvalue weighted by Gasteiger charge is -2.10. The highest BCUT2D eigenvalue weighted by molar-refractivity contribution is 5.88. The number of ether oxygens (including phenoxy) is 1. The molecule has 0 heterocycles. The zero-order chi connectivity index (χ0) is 18.7. The minimum Gasteiger partial charge on any atom is -0.429 e. The molecule has 1 nitrogen and oxygen atoms in total. The molecule has 0 N–H and O–H groups in total. The number of fused-ring (bicyclic) bond motifs is 1. The molecule has 136 valence electrons. The van der Waals surface area contributed by atoms with E-state index in [4.69, 9.17) is 0 Å². The van der Waals surface area contributed by atoms with Gasteiger partial charge in [-0.15, -0.1) is 0 Å². The summed E-state index contributed by atoms with van der Waals surface area (Å²) in [7, 11) is 0. The van der Waals surface area contributed by atoms with Gasteiger partial charge in [0.1, 0.15) is 0 Å². The summed E-state index contributed by atoms with van der Waals surface area (Å²) in [5.74, 6) is -3.38. The number of unbranched alkanes of at least 4 members (excludes halogenated alkanes) is 1. The van der Waals surface area contributed by atoms with Crippen molar-refractivity contribution in [3.63, 3.8) is 0 Å². The van der Waals surface area contributed by atoms with Crippen molar-refractivity contribution in [3.8, 4) is 16.9 Å². The number of halogens is 4. The van der Waals surface area contributed by atoms with E-state index in [0.717, 1.165) is 42.2 Å². The number of rotatable bonds is 6. The maximum Gasteiger partial charge on any atom is 0.387 e. The summed E-state index contributed by atoms with van der Waals surface area (Å²) in [6.45, 7) is -1.14. The predicted molar refractivity (Wildman–Crippen MR) is 94.5 cm³/mol. The van der Waals surface area contributed by atoms with Gasteiger partial charge in [0.25, 0.3) is 0 Å². The Morgan fingerprint density at radius 1 is 0.846 bits per heavy atom. The van der Waals surface area contributed by atoms with Crippen molar-refractivity contribution in [1.29, 1.82) is 0 Å². The molecule has 0 aliphatic carbocycles. The standard InChI is InChI=1S/C21H18F4O/c1-2-3-4-13-5-6-15-10-16(8-7-14(15)9-13)17-11-18(22)20(19(23)12-17)26-21(24)25/h5-12,21H,2-4H2,1H3. The van der Waals surface area contributed by atoms with Crippen LogP contribution < -0.4 is 4.74 Å². The van der Waals surface area contributed by atoms with E-state index < -0.39 is 24.0 Å². The van der Waals surface area contributed by atoms with Crippen molar-refractivity contribution in [2.75, 3.05) is 0 Å². The van der Waals surface area contributed by atoms with Crippen LogP contribution in [0.15, 0.2) is 48.5 Å². The summed E-state index contributed by atoms with van der Waals surface area (Å²) in [5, 5.41) is 1.98. The van der Waals surface area contributed by atoms with Crippen LogP contribution in [0.2, 0.25) is 0 Å². The summed E-state index contributed by atoms with van der Waals surface area (Å²) in [5.41, 5.74) is 2.11. The molecule has 0 aliphatic heterocycles. The first-order chi connectivity index (χ1) is 12.5. The Bertz CT molecular complexity index is 898. The summed E-state index contributed by atoms with van der Waals surface area (Å²) in [4.78, 5) is 0. The fourth-order valence-electron chi connectivity index (χ4n) is 2.94. The lowest BCUT2D eigenvalue weighted by atomic mass is 9.98. The lowest BCUT2D eigenvalue weighted by Crippen LogP contribution is -2.06. The molecule has 0 aromatic heterocycles. The Morgan fingerprint density at radius 3 is 2.15 bits per heavy atom. The Balaban J connectivity index is 1.95. The van der Waals surface area contributed by atoms with Gasteiger partial charge in [0.15, 0.2) is 17.4 Å². The first-order valence-electron chi connectivity index (χ1n) is 8.45. The second-order valence-electron chi connectivity index (χ2n) is 6.15. The van der Waals surface area contributed by atoms with Gasteiger partial charge >= 0.3 is 6.61 Å². The van der Waals surface area contributed by atoms with Gasteiger partial charge in [0, 0.05) is 0 Å². The maximum absolute atomic E-state index is 13.9. The third kappa shape index (κ3) is 3.98. The highest BCUT2D eigenvalue weighted by atomic mass is 19.3. The monoisotopic (exact) mass is 362 g/mol. The van der Waals surface area contributed by atoms with E-state index in [1.54, 1.807) is 6.07 Å². The molecule has 3 aromatic rings. The van der Waals surface area contributed by atoms with E-state index in [2.05, 4.69) is 17.7 Å². The Morgan fingerprint density at radius 2 is 1.50 bits per heavy atom. The van der Waals surface area contributed by atoms with Gasteiger partial charge in [0.05, 0.1) is 0 Å². The zero-order valence-electron chi connectivity index (χ0n) is 14.2. The molecule has 0 saturated carbocycles. The fourth-order valence-corrected chi connectivity index (χ4v) is 2.94. The zero-order valence-corrected chi connectivity index (χ0v) is 14.2. The van der Waals surface area contributed by atoms with E-state index in [0.29, 0.717) is 5.56 Å². The SMILES string of the molecule is CCCCc1ccc2cc(-c3cc(F)c(OC(F)F)c(F)c3)ccc2c1. The van der Waals surface area contributed by atoms with Gasteiger partial charge in [-0.1, -0.05) is 43.7 Å². The molecular weight excluding hydrogens is 344 g/mol. The number of benzene rings is 3. The predicted octanol–water partition coefficient (Wildman–Crippen LogP) is 6.73. The molecule has 0 saturated heterocycles. The van der Waals surface area contributed by atoms with Crippen molar-refractivity contribution in [2.45, 2.75) is 32.8 Å². The van der Waals surface area contributed by atoms with Crippen LogP contribution in [-0.4, -0.2) is 6.61 Å². The topological polar surface area (TPSA) is 9.23 Å². The molecule has 0 spiro atoms. The number of alkyl halides is 2. The van der Waals surface area contributed by atoms with E-state index in [-0.39, 0.29) is 5.56 Å². The molecule has 0 aliphatic rings. The minimum absolute atomic E-state index is 0.263. The quantitative estimate of drug-likeness (QED) is 0.442. The second kappa shape index (κ2) is 7.77. The molecule has 0 amide bonds. The van der Waals surface area contributed by atoms with Crippen molar-refractivity contribution < 1.29 is 22.3 Å². The molecule has 0 radical (unpaired) electrons.